The molecule has 2 aliphatic carbocycles. The Bertz CT molecular complexity index is 450. The lowest BCUT2D eigenvalue weighted by atomic mass is 10.1. The molecule has 0 bridgehead atoms. The predicted octanol–water partition coefficient (Wildman–Crippen LogP) is 3.84. The lowest BCUT2D eigenvalue weighted by molar-refractivity contribution is 0.0663. The molecule has 3 heteroatoms. The molecule has 2 aliphatic rings. The highest BCUT2D eigenvalue weighted by molar-refractivity contribution is 14.1. The molecule has 1 aromatic carbocycles. The SMILES string of the molecule is O=C(c1ccccc1I)N(C1CCCC1)C1CC1. The van der Waals surface area contributed by atoms with E-state index in [1.165, 1.54) is 38.5 Å². The first-order valence-corrected chi connectivity index (χ1v) is 7.92. The molecular formula is C15H18INO. The van der Waals surface area contributed by atoms with Crippen molar-refractivity contribution in [3.8, 4) is 0 Å². The van der Waals surface area contributed by atoms with Crippen molar-refractivity contribution in [1.29, 1.82) is 0 Å². The van der Waals surface area contributed by atoms with Crippen molar-refractivity contribution < 1.29 is 4.79 Å². The Morgan fingerprint density at radius 1 is 1.06 bits per heavy atom. The van der Waals surface area contributed by atoms with E-state index in [1.807, 2.05) is 24.3 Å². The maximum Gasteiger partial charge on any atom is 0.255 e. The van der Waals surface area contributed by atoms with Crippen molar-refractivity contribution in [2.75, 3.05) is 0 Å². The first kappa shape index (κ1) is 12.5. The molecular weight excluding hydrogens is 337 g/mol. The van der Waals surface area contributed by atoms with Gasteiger partial charge in [0.1, 0.15) is 0 Å². The molecule has 0 aromatic heterocycles. The minimum absolute atomic E-state index is 0.259. The van der Waals surface area contributed by atoms with Crippen molar-refractivity contribution >= 4 is 28.5 Å². The maximum absolute atomic E-state index is 12.8. The summed E-state index contributed by atoms with van der Waals surface area (Å²) in [7, 11) is 0. The molecule has 96 valence electrons. The second-order valence-electron chi connectivity index (χ2n) is 5.36. The van der Waals surface area contributed by atoms with Crippen LogP contribution in [0.15, 0.2) is 24.3 Å². The zero-order chi connectivity index (χ0) is 12.5. The van der Waals surface area contributed by atoms with E-state index in [-0.39, 0.29) is 5.91 Å². The summed E-state index contributed by atoms with van der Waals surface area (Å²) in [5.41, 5.74) is 0.886. The summed E-state index contributed by atoms with van der Waals surface area (Å²) in [6, 6.07) is 8.98. The third-order valence-electron chi connectivity index (χ3n) is 4.00. The fourth-order valence-corrected chi connectivity index (χ4v) is 3.56. The number of carbonyl (C=O) groups is 1. The quantitative estimate of drug-likeness (QED) is 0.755. The summed E-state index contributed by atoms with van der Waals surface area (Å²) in [6.07, 6.45) is 7.37. The van der Waals surface area contributed by atoms with Gasteiger partial charge in [0.15, 0.2) is 0 Å². The molecule has 0 spiro atoms. The van der Waals surface area contributed by atoms with Crippen molar-refractivity contribution in [3.63, 3.8) is 0 Å². The van der Waals surface area contributed by atoms with Crippen LogP contribution < -0.4 is 0 Å². The van der Waals surface area contributed by atoms with Crippen LogP contribution in [-0.2, 0) is 0 Å². The minimum Gasteiger partial charge on any atom is -0.333 e. The van der Waals surface area contributed by atoms with Gasteiger partial charge in [-0.3, -0.25) is 4.79 Å². The number of carbonyl (C=O) groups excluding carboxylic acids is 1. The normalized spacial score (nSPS) is 20.1. The van der Waals surface area contributed by atoms with Crippen LogP contribution in [0.4, 0.5) is 0 Å². The van der Waals surface area contributed by atoms with Gasteiger partial charge in [-0.2, -0.15) is 0 Å². The van der Waals surface area contributed by atoms with E-state index >= 15 is 0 Å². The maximum atomic E-state index is 12.8. The van der Waals surface area contributed by atoms with E-state index in [0.717, 1.165) is 9.13 Å². The summed E-state index contributed by atoms with van der Waals surface area (Å²) in [5, 5.41) is 0. The number of rotatable bonds is 3. The summed E-state index contributed by atoms with van der Waals surface area (Å²) >= 11 is 2.27. The van der Waals surface area contributed by atoms with Crippen LogP contribution in [0.25, 0.3) is 0 Å². The van der Waals surface area contributed by atoms with Crippen LogP contribution in [0.2, 0.25) is 0 Å². The Morgan fingerprint density at radius 2 is 1.67 bits per heavy atom. The number of nitrogens with zero attached hydrogens (tertiary/aromatic N) is 1. The molecule has 0 radical (unpaired) electrons. The number of hydrogen-bond donors (Lipinski definition) is 0. The van der Waals surface area contributed by atoms with Gasteiger partial charge < -0.3 is 4.90 Å². The lowest BCUT2D eigenvalue weighted by Crippen LogP contribution is -2.40. The van der Waals surface area contributed by atoms with Crippen LogP contribution in [0.1, 0.15) is 48.9 Å². The molecule has 0 heterocycles. The van der Waals surface area contributed by atoms with Crippen LogP contribution in [0.5, 0.6) is 0 Å². The summed E-state index contributed by atoms with van der Waals surface area (Å²) in [5.74, 6) is 0.259. The van der Waals surface area contributed by atoms with Gasteiger partial charge in [0, 0.05) is 15.7 Å². The van der Waals surface area contributed by atoms with Crippen LogP contribution >= 0.6 is 22.6 Å². The second kappa shape index (κ2) is 5.19. The monoisotopic (exact) mass is 355 g/mol. The largest absolute Gasteiger partial charge is 0.333 e. The summed E-state index contributed by atoms with van der Waals surface area (Å²) < 4.78 is 1.07. The van der Waals surface area contributed by atoms with E-state index in [4.69, 9.17) is 0 Å². The van der Waals surface area contributed by atoms with Gasteiger partial charge in [-0.1, -0.05) is 25.0 Å². The molecule has 0 atom stereocenters. The highest BCUT2D eigenvalue weighted by Gasteiger charge is 2.38. The van der Waals surface area contributed by atoms with Gasteiger partial charge in [-0.05, 0) is 60.4 Å². The third kappa shape index (κ3) is 2.42. The zero-order valence-electron chi connectivity index (χ0n) is 10.4. The fourth-order valence-electron chi connectivity index (χ4n) is 2.94. The van der Waals surface area contributed by atoms with E-state index < -0.39 is 0 Å². The second-order valence-corrected chi connectivity index (χ2v) is 6.52. The van der Waals surface area contributed by atoms with Gasteiger partial charge in [0.05, 0.1) is 5.56 Å². The number of benzene rings is 1. The topological polar surface area (TPSA) is 20.3 Å². The van der Waals surface area contributed by atoms with Crippen molar-refractivity contribution in [2.24, 2.45) is 0 Å². The Balaban J connectivity index is 1.86. The Hall–Kier alpha value is -0.580. The van der Waals surface area contributed by atoms with Crippen molar-refractivity contribution in [1.82, 2.24) is 4.90 Å². The molecule has 0 saturated heterocycles. The van der Waals surface area contributed by atoms with E-state index in [2.05, 4.69) is 27.5 Å². The molecule has 0 N–H and O–H groups in total. The molecule has 2 saturated carbocycles. The van der Waals surface area contributed by atoms with Crippen LogP contribution in [0, 0.1) is 3.57 Å². The highest BCUT2D eigenvalue weighted by Crippen LogP contribution is 2.35. The first-order valence-electron chi connectivity index (χ1n) is 6.84. The average molecular weight is 355 g/mol. The minimum atomic E-state index is 0.259. The average Bonchev–Trinajstić information content (AvgIpc) is 3.05. The molecule has 2 nitrogen and oxygen atoms in total. The van der Waals surface area contributed by atoms with Crippen LogP contribution in [0.3, 0.4) is 0 Å². The molecule has 3 rings (SSSR count). The van der Waals surface area contributed by atoms with Gasteiger partial charge in [-0.15, -0.1) is 0 Å². The van der Waals surface area contributed by atoms with Gasteiger partial charge in [-0.25, -0.2) is 0 Å². The Kier molecular flexibility index (Phi) is 3.59. The van der Waals surface area contributed by atoms with E-state index in [9.17, 15) is 4.79 Å². The van der Waals surface area contributed by atoms with Crippen molar-refractivity contribution in [3.05, 3.63) is 33.4 Å². The van der Waals surface area contributed by atoms with Gasteiger partial charge in [0.2, 0.25) is 0 Å². The van der Waals surface area contributed by atoms with Gasteiger partial charge in [0.25, 0.3) is 5.91 Å². The van der Waals surface area contributed by atoms with Crippen LogP contribution in [-0.4, -0.2) is 22.9 Å². The van der Waals surface area contributed by atoms with E-state index in [0.29, 0.717) is 12.1 Å². The zero-order valence-corrected chi connectivity index (χ0v) is 12.6. The summed E-state index contributed by atoms with van der Waals surface area (Å²) in [4.78, 5) is 15.0. The Morgan fingerprint density at radius 3 is 2.28 bits per heavy atom. The predicted molar refractivity (Wildman–Crippen MR) is 80.6 cm³/mol. The third-order valence-corrected chi connectivity index (χ3v) is 4.94. The number of hydrogen-bond acceptors (Lipinski definition) is 1. The molecule has 1 aromatic rings. The lowest BCUT2D eigenvalue weighted by Gasteiger charge is -2.29. The highest BCUT2D eigenvalue weighted by atomic mass is 127. The number of halogens is 1. The molecule has 1 amide bonds. The van der Waals surface area contributed by atoms with E-state index in [1.54, 1.807) is 0 Å². The first-order chi connectivity index (χ1) is 8.77. The standard InChI is InChI=1S/C15H18INO/c16-14-8-4-3-7-13(14)15(18)17(12-9-10-12)11-5-1-2-6-11/h3-4,7-8,11-12H,1-2,5-6,9-10H2. The number of amides is 1. The molecule has 2 fully saturated rings. The summed E-state index contributed by atoms with van der Waals surface area (Å²) in [6.45, 7) is 0. The molecule has 0 aliphatic heterocycles. The Labute approximate surface area is 122 Å². The molecule has 18 heavy (non-hydrogen) atoms. The smallest absolute Gasteiger partial charge is 0.255 e. The molecule has 0 unspecified atom stereocenters. The van der Waals surface area contributed by atoms with Gasteiger partial charge >= 0.3 is 0 Å². The van der Waals surface area contributed by atoms with Crippen molar-refractivity contribution in [2.45, 2.75) is 50.6 Å². The fraction of sp³-hybridized carbons (Fsp3) is 0.533.